The molecule has 0 radical (unpaired) electrons. The van der Waals surface area contributed by atoms with E-state index in [1.165, 1.54) is 22.1 Å². The molecule has 2 fully saturated rings. The SMILES string of the molecule is Cc1cc(C)c2c(n1)sc1c(C3CCN(C(=O)C4CCC4)CC3)ncnc12. The average Bonchev–Trinajstić information content (AvgIpc) is 2.98. The van der Waals surface area contributed by atoms with Gasteiger partial charge in [-0.2, -0.15) is 0 Å². The fraction of sp³-hybridized carbons (Fsp3) is 0.524. The molecule has 0 bridgehead atoms. The van der Waals surface area contributed by atoms with Crippen molar-refractivity contribution < 1.29 is 4.79 Å². The Labute approximate surface area is 162 Å². The average molecular weight is 381 g/mol. The van der Waals surface area contributed by atoms with Crippen LogP contribution in [0.25, 0.3) is 20.4 Å². The Morgan fingerprint density at radius 3 is 2.63 bits per heavy atom. The first kappa shape index (κ1) is 17.0. The van der Waals surface area contributed by atoms with Gasteiger partial charge >= 0.3 is 0 Å². The zero-order valence-corrected chi connectivity index (χ0v) is 16.7. The Balaban J connectivity index is 1.45. The highest BCUT2D eigenvalue weighted by molar-refractivity contribution is 7.25. The molecule has 5 rings (SSSR count). The number of aryl methyl sites for hydroxylation is 2. The van der Waals surface area contributed by atoms with Crippen LogP contribution in [0.2, 0.25) is 0 Å². The monoisotopic (exact) mass is 380 g/mol. The van der Waals surface area contributed by atoms with E-state index < -0.39 is 0 Å². The summed E-state index contributed by atoms with van der Waals surface area (Å²) in [7, 11) is 0. The number of fused-ring (bicyclic) bond motifs is 3. The summed E-state index contributed by atoms with van der Waals surface area (Å²) in [4.78, 5) is 29.7. The molecule has 27 heavy (non-hydrogen) atoms. The van der Waals surface area contributed by atoms with Crippen molar-refractivity contribution in [2.75, 3.05) is 13.1 Å². The zero-order chi connectivity index (χ0) is 18.5. The molecule has 6 heteroatoms. The standard InChI is InChI=1S/C21H24N4OS/c1-12-10-13(2)24-20-16(12)18-19(27-20)17(22-11-23-18)14-6-8-25(9-7-14)21(26)15-4-3-5-15/h10-11,14-15H,3-9H2,1-2H3. The summed E-state index contributed by atoms with van der Waals surface area (Å²) in [5, 5.41) is 1.17. The van der Waals surface area contributed by atoms with Gasteiger partial charge < -0.3 is 4.90 Å². The molecule has 1 saturated heterocycles. The molecule has 1 aliphatic heterocycles. The van der Waals surface area contributed by atoms with Crippen LogP contribution in [-0.2, 0) is 4.79 Å². The van der Waals surface area contributed by atoms with Gasteiger partial charge in [0.25, 0.3) is 0 Å². The summed E-state index contributed by atoms with van der Waals surface area (Å²) >= 11 is 1.72. The highest BCUT2D eigenvalue weighted by atomic mass is 32.1. The number of hydrogen-bond donors (Lipinski definition) is 0. The van der Waals surface area contributed by atoms with E-state index in [-0.39, 0.29) is 0 Å². The lowest BCUT2D eigenvalue weighted by atomic mass is 9.83. The smallest absolute Gasteiger partial charge is 0.225 e. The van der Waals surface area contributed by atoms with Crippen molar-refractivity contribution in [2.45, 2.75) is 51.9 Å². The lowest BCUT2D eigenvalue weighted by Crippen LogP contribution is -2.43. The normalized spacial score (nSPS) is 19.0. The first-order valence-corrected chi connectivity index (χ1v) is 10.7. The fourth-order valence-electron chi connectivity index (χ4n) is 4.50. The third-order valence-corrected chi connectivity index (χ3v) is 7.32. The minimum atomic E-state index is 0.298. The van der Waals surface area contributed by atoms with Crippen LogP contribution in [0.15, 0.2) is 12.4 Å². The Kier molecular flexibility index (Phi) is 4.11. The van der Waals surface area contributed by atoms with Gasteiger partial charge in [-0.3, -0.25) is 4.79 Å². The third-order valence-electron chi connectivity index (χ3n) is 6.23. The number of hydrogen-bond acceptors (Lipinski definition) is 5. The number of rotatable bonds is 2. The van der Waals surface area contributed by atoms with E-state index in [2.05, 4.69) is 27.9 Å². The fourth-order valence-corrected chi connectivity index (χ4v) is 5.82. The van der Waals surface area contributed by atoms with Gasteiger partial charge in [0.2, 0.25) is 5.91 Å². The highest BCUT2D eigenvalue weighted by Crippen LogP contribution is 2.40. The van der Waals surface area contributed by atoms with Gasteiger partial charge in [-0.1, -0.05) is 6.42 Å². The van der Waals surface area contributed by atoms with Crippen LogP contribution >= 0.6 is 11.3 Å². The Morgan fingerprint density at radius 2 is 1.93 bits per heavy atom. The number of nitrogens with zero attached hydrogens (tertiary/aromatic N) is 4. The van der Waals surface area contributed by atoms with Gasteiger partial charge in [0.05, 0.1) is 15.9 Å². The second-order valence-corrected chi connectivity index (χ2v) is 9.03. The van der Waals surface area contributed by atoms with Crippen molar-refractivity contribution in [1.29, 1.82) is 0 Å². The third kappa shape index (κ3) is 2.81. The molecule has 0 N–H and O–H groups in total. The summed E-state index contributed by atoms with van der Waals surface area (Å²) in [6.07, 6.45) is 7.06. The van der Waals surface area contributed by atoms with Crippen molar-refractivity contribution in [1.82, 2.24) is 19.9 Å². The second-order valence-electron chi connectivity index (χ2n) is 8.03. The minimum Gasteiger partial charge on any atom is -0.342 e. The summed E-state index contributed by atoms with van der Waals surface area (Å²) in [6, 6.07) is 2.13. The first-order chi connectivity index (χ1) is 13.1. The topological polar surface area (TPSA) is 59.0 Å². The molecule has 4 heterocycles. The summed E-state index contributed by atoms with van der Waals surface area (Å²) in [5.74, 6) is 1.08. The van der Waals surface area contributed by atoms with Gasteiger partial charge in [-0.15, -0.1) is 11.3 Å². The van der Waals surface area contributed by atoms with Crippen molar-refractivity contribution in [3.63, 3.8) is 0 Å². The Morgan fingerprint density at radius 1 is 1.15 bits per heavy atom. The number of piperidine rings is 1. The molecular formula is C21H24N4OS. The van der Waals surface area contributed by atoms with Crippen molar-refractivity contribution in [3.05, 3.63) is 29.3 Å². The van der Waals surface area contributed by atoms with Crippen LogP contribution in [0.5, 0.6) is 0 Å². The number of aromatic nitrogens is 3. The van der Waals surface area contributed by atoms with Crippen LogP contribution < -0.4 is 0 Å². The Hall–Kier alpha value is -2.08. The molecule has 1 saturated carbocycles. The summed E-state index contributed by atoms with van der Waals surface area (Å²) in [6.45, 7) is 5.88. The van der Waals surface area contributed by atoms with E-state index >= 15 is 0 Å². The summed E-state index contributed by atoms with van der Waals surface area (Å²) in [5.41, 5.74) is 4.46. The molecule has 3 aromatic heterocycles. The van der Waals surface area contributed by atoms with Crippen LogP contribution in [0.3, 0.4) is 0 Å². The number of carbonyl (C=O) groups is 1. The molecule has 0 spiro atoms. The summed E-state index contributed by atoms with van der Waals surface area (Å²) < 4.78 is 1.18. The second kappa shape index (κ2) is 6.51. The molecule has 0 atom stereocenters. The van der Waals surface area contributed by atoms with Crippen LogP contribution in [0.1, 0.15) is 55.0 Å². The molecule has 3 aromatic rings. The number of likely N-dealkylation sites (tertiary alicyclic amines) is 1. The maximum Gasteiger partial charge on any atom is 0.225 e. The zero-order valence-electron chi connectivity index (χ0n) is 15.9. The van der Waals surface area contributed by atoms with Crippen LogP contribution in [-0.4, -0.2) is 38.8 Å². The minimum absolute atomic E-state index is 0.298. The maximum absolute atomic E-state index is 12.5. The molecule has 2 aliphatic rings. The van der Waals surface area contributed by atoms with E-state index in [0.717, 1.165) is 60.5 Å². The van der Waals surface area contributed by atoms with Crippen LogP contribution in [0, 0.1) is 19.8 Å². The lowest BCUT2D eigenvalue weighted by molar-refractivity contribution is -0.139. The van der Waals surface area contributed by atoms with E-state index in [4.69, 9.17) is 4.98 Å². The predicted molar refractivity (Wildman–Crippen MR) is 108 cm³/mol. The molecule has 0 unspecified atom stereocenters. The molecule has 1 aliphatic carbocycles. The van der Waals surface area contributed by atoms with Crippen LogP contribution in [0.4, 0.5) is 0 Å². The van der Waals surface area contributed by atoms with Crippen molar-refractivity contribution >= 4 is 37.7 Å². The van der Waals surface area contributed by atoms with Gasteiger partial charge in [0.15, 0.2) is 0 Å². The van der Waals surface area contributed by atoms with E-state index in [0.29, 0.717) is 17.7 Å². The number of pyridine rings is 1. The quantitative estimate of drug-likeness (QED) is 0.663. The predicted octanol–water partition coefficient (Wildman–Crippen LogP) is 4.36. The first-order valence-electron chi connectivity index (χ1n) is 9.92. The van der Waals surface area contributed by atoms with Gasteiger partial charge in [-0.05, 0) is 51.2 Å². The molecule has 5 nitrogen and oxygen atoms in total. The van der Waals surface area contributed by atoms with Crippen molar-refractivity contribution in [2.24, 2.45) is 5.92 Å². The highest BCUT2D eigenvalue weighted by Gasteiger charge is 2.33. The molecule has 140 valence electrons. The maximum atomic E-state index is 12.5. The number of carbonyl (C=O) groups excluding carboxylic acids is 1. The van der Waals surface area contributed by atoms with E-state index in [1.807, 2.05) is 6.92 Å². The van der Waals surface area contributed by atoms with E-state index in [9.17, 15) is 4.79 Å². The van der Waals surface area contributed by atoms with Gasteiger partial charge in [-0.25, -0.2) is 15.0 Å². The van der Waals surface area contributed by atoms with Gasteiger partial charge in [0, 0.05) is 36.0 Å². The molecule has 1 amide bonds. The van der Waals surface area contributed by atoms with E-state index in [1.54, 1.807) is 17.7 Å². The molecular weight excluding hydrogens is 356 g/mol. The number of amides is 1. The number of thiophene rings is 1. The van der Waals surface area contributed by atoms with Crippen molar-refractivity contribution in [3.8, 4) is 0 Å². The largest absolute Gasteiger partial charge is 0.342 e. The Bertz CT molecular complexity index is 1030. The molecule has 0 aromatic carbocycles. The van der Waals surface area contributed by atoms with Gasteiger partial charge in [0.1, 0.15) is 11.2 Å². The lowest BCUT2D eigenvalue weighted by Gasteiger charge is -2.36.